The molecule has 0 radical (unpaired) electrons. The van der Waals surface area contributed by atoms with Gasteiger partial charge in [0.1, 0.15) is 0 Å². The second-order valence-electron chi connectivity index (χ2n) is 12.3. The van der Waals surface area contributed by atoms with Crippen molar-refractivity contribution in [2.45, 2.75) is 77.3 Å². The number of benzene rings is 2. The van der Waals surface area contributed by atoms with Gasteiger partial charge in [0.2, 0.25) is 0 Å². The van der Waals surface area contributed by atoms with E-state index in [9.17, 15) is 36.2 Å². The van der Waals surface area contributed by atoms with E-state index in [0.717, 1.165) is 47.4 Å². The number of carboxylic acid groups (broad SMARTS) is 1. The van der Waals surface area contributed by atoms with Crippen molar-refractivity contribution in [3.8, 4) is 0 Å². The van der Waals surface area contributed by atoms with Gasteiger partial charge in [-0.25, -0.2) is 0 Å². The molecule has 244 valence electrons. The Kier molecular flexibility index (Phi) is 11.5. The third-order valence-electron chi connectivity index (χ3n) is 8.85. The van der Waals surface area contributed by atoms with E-state index in [1.165, 1.54) is 11.8 Å². The topological polar surface area (TPSA) is 90.2 Å². The van der Waals surface area contributed by atoms with Crippen LogP contribution in [0.2, 0.25) is 0 Å². The SMILES string of the molecule is Cc1cc(C)c2c(c1)[C@@H](N(Cc1cc(C(F)(F)F)cc(C(F)(F)F)c1)c1nnn(C)n1)CCCN2CC1CCC(C(=O)[O-])CC1.[K+]. The minimum absolute atomic E-state index is 0. The maximum atomic E-state index is 13.7. The van der Waals surface area contributed by atoms with Gasteiger partial charge < -0.3 is 19.7 Å². The van der Waals surface area contributed by atoms with Gasteiger partial charge in [-0.15, -0.1) is 5.10 Å². The van der Waals surface area contributed by atoms with Crippen LogP contribution >= 0.6 is 0 Å². The number of tetrazole rings is 1. The third-order valence-corrected chi connectivity index (χ3v) is 8.85. The number of fused-ring (bicyclic) bond motifs is 1. The van der Waals surface area contributed by atoms with Crippen molar-refractivity contribution < 1.29 is 87.6 Å². The molecule has 2 aliphatic rings. The number of anilines is 2. The maximum Gasteiger partial charge on any atom is 1.00 e. The van der Waals surface area contributed by atoms with Gasteiger partial charge in [0.05, 0.1) is 24.2 Å². The molecule has 3 aromatic rings. The number of alkyl halides is 6. The third kappa shape index (κ3) is 8.44. The number of carboxylic acids is 1. The van der Waals surface area contributed by atoms with Crippen LogP contribution in [0, 0.1) is 25.7 Å². The van der Waals surface area contributed by atoms with Crippen LogP contribution in [0.15, 0.2) is 30.3 Å². The average Bonchev–Trinajstić information content (AvgIpc) is 3.30. The second-order valence-corrected chi connectivity index (χ2v) is 12.3. The van der Waals surface area contributed by atoms with E-state index < -0.39 is 41.4 Å². The van der Waals surface area contributed by atoms with Gasteiger partial charge in [-0.2, -0.15) is 31.1 Å². The molecule has 1 fully saturated rings. The number of hydrogen-bond acceptors (Lipinski definition) is 7. The van der Waals surface area contributed by atoms with Crippen LogP contribution in [0.25, 0.3) is 0 Å². The minimum atomic E-state index is -4.98. The first-order chi connectivity index (χ1) is 21.1. The van der Waals surface area contributed by atoms with Crippen LogP contribution in [0.5, 0.6) is 0 Å². The molecule has 2 heterocycles. The molecule has 46 heavy (non-hydrogen) atoms. The summed E-state index contributed by atoms with van der Waals surface area (Å²) in [5.74, 6) is -1.08. The Balaban J connectivity index is 0.00000480. The Labute approximate surface area is 305 Å². The zero-order valence-corrected chi connectivity index (χ0v) is 29.4. The van der Waals surface area contributed by atoms with E-state index in [4.69, 9.17) is 0 Å². The number of carbonyl (C=O) groups excluding carboxylic acids is 1. The molecule has 5 rings (SSSR count). The number of aromatic nitrogens is 4. The molecular weight excluding hydrogens is 641 g/mol. The monoisotopic (exact) mass is 676 g/mol. The van der Waals surface area contributed by atoms with E-state index in [1.807, 2.05) is 19.9 Å². The van der Waals surface area contributed by atoms with E-state index in [2.05, 4.69) is 26.4 Å². The summed E-state index contributed by atoms with van der Waals surface area (Å²) < 4.78 is 82.4. The van der Waals surface area contributed by atoms with Gasteiger partial charge in [-0.3, -0.25) is 0 Å². The van der Waals surface area contributed by atoms with Gasteiger partial charge in [-0.1, -0.05) is 22.8 Å². The van der Waals surface area contributed by atoms with Crippen molar-refractivity contribution in [2.75, 3.05) is 22.9 Å². The molecule has 1 aromatic heterocycles. The predicted octanol–water partition coefficient (Wildman–Crippen LogP) is 2.77. The first kappa shape index (κ1) is 36.6. The number of halogens is 6. The molecule has 8 nitrogen and oxygen atoms in total. The number of rotatable bonds is 7. The maximum absolute atomic E-state index is 13.7. The summed E-state index contributed by atoms with van der Waals surface area (Å²) >= 11 is 0. The number of nitrogens with zero attached hydrogens (tertiary/aromatic N) is 6. The molecule has 0 unspecified atom stereocenters. The molecule has 1 aliphatic heterocycles. The molecule has 0 spiro atoms. The van der Waals surface area contributed by atoms with Crippen molar-refractivity contribution >= 4 is 17.6 Å². The molecule has 0 amide bonds. The predicted molar refractivity (Wildman–Crippen MR) is 152 cm³/mol. The fourth-order valence-corrected chi connectivity index (χ4v) is 6.84. The van der Waals surface area contributed by atoms with Crippen molar-refractivity contribution in [3.05, 3.63) is 63.7 Å². The molecule has 1 aliphatic carbocycles. The summed E-state index contributed by atoms with van der Waals surface area (Å²) in [6.07, 6.45) is -6.10. The van der Waals surface area contributed by atoms with Gasteiger partial charge in [-0.05, 0) is 104 Å². The zero-order chi connectivity index (χ0) is 32.7. The average molecular weight is 677 g/mol. The Morgan fingerprint density at radius 3 is 2.13 bits per heavy atom. The summed E-state index contributed by atoms with van der Waals surface area (Å²) in [7, 11) is 1.53. The van der Waals surface area contributed by atoms with Crippen LogP contribution in [0.4, 0.5) is 38.0 Å². The largest absolute Gasteiger partial charge is 1.00 e. The molecule has 0 N–H and O–H groups in total. The number of aryl methyl sites for hydroxylation is 3. The van der Waals surface area contributed by atoms with Gasteiger partial charge >= 0.3 is 63.7 Å². The smallest absolute Gasteiger partial charge is 0.550 e. The van der Waals surface area contributed by atoms with Crippen molar-refractivity contribution in [1.82, 2.24) is 20.2 Å². The fraction of sp³-hybridized carbons (Fsp3) is 0.548. The molecule has 0 bridgehead atoms. The van der Waals surface area contributed by atoms with E-state index in [1.54, 1.807) is 4.90 Å². The van der Waals surface area contributed by atoms with Crippen LogP contribution < -0.4 is 66.3 Å². The van der Waals surface area contributed by atoms with Crippen LogP contribution in [0.3, 0.4) is 0 Å². The summed E-state index contributed by atoms with van der Waals surface area (Å²) in [5.41, 5.74) is 0.840. The Hall–Kier alpha value is -2.20. The Morgan fingerprint density at radius 2 is 1.59 bits per heavy atom. The summed E-state index contributed by atoms with van der Waals surface area (Å²) in [6.45, 7) is 4.99. The van der Waals surface area contributed by atoms with Crippen molar-refractivity contribution in [3.63, 3.8) is 0 Å². The van der Waals surface area contributed by atoms with Crippen LogP contribution in [0.1, 0.15) is 77.9 Å². The number of hydrogen-bond donors (Lipinski definition) is 0. The van der Waals surface area contributed by atoms with Crippen LogP contribution in [-0.4, -0.2) is 39.3 Å². The molecule has 15 heteroatoms. The quantitative estimate of drug-likeness (QED) is 0.281. The first-order valence-corrected chi connectivity index (χ1v) is 15.0. The first-order valence-electron chi connectivity index (χ1n) is 15.0. The van der Waals surface area contributed by atoms with Crippen LogP contribution in [-0.2, 0) is 30.7 Å². The summed E-state index contributed by atoms with van der Waals surface area (Å²) in [5, 5.41) is 23.7. The van der Waals surface area contributed by atoms with E-state index in [-0.39, 0.29) is 81.4 Å². The number of carbonyl (C=O) groups is 1. The molecule has 0 saturated heterocycles. The Morgan fingerprint density at radius 1 is 0.957 bits per heavy atom. The van der Waals surface area contributed by atoms with Gasteiger partial charge in [0.15, 0.2) is 0 Å². The molecule has 1 saturated carbocycles. The van der Waals surface area contributed by atoms with Crippen molar-refractivity contribution in [1.29, 1.82) is 0 Å². The van der Waals surface area contributed by atoms with Crippen molar-refractivity contribution in [2.24, 2.45) is 18.9 Å². The molecule has 1 atom stereocenters. The molecular formula is C31H35F6KN6O2. The van der Waals surface area contributed by atoms with E-state index in [0.29, 0.717) is 38.8 Å². The Bertz CT molecular complexity index is 1500. The van der Waals surface area contributed by atoms with Gasteiger partial charge in [0, 0.05) is 31.3 Å². The minimum Gasteiger partial charge on any atom is -0.550 e. The standard InChI is InChI=1S/C31H36F6N6O2.K/c1-18-11-19(2)27-25(12-18)26(5-4-10-42(27)16-20-6-8-22(9-7-20)28(44)45)43(29-38-40-41(3)39-29)17-21-13-23(30(32,33)34)15-24(14-21)31(35,36)37;/h11-15,20,22,26H,4-10,16-17H2,1-3H3,(H,44,45);/q;+1/p-1/t20?,22?,26-;/m0./s1. The summed E-state index contributed by atoms with van der Waals surface area (Å²) in [6, 6.07) is 5.19. The second kappa shape index (κ2) is 14.5. The zero-order valence-electron chi connectivity index (χ0n) is 26.3. The molecule has 2 aromatic carbocycles. The normalized spacial score (nSPS) is 20.5. The van der Waals surface area contributed by atoms with E-state index >= 15 is 0 Å². The van der Waals surface area contributed by atoms with Gasteiger partial charge in [0.25, 0.3) is 5.95 Å². The summed E-state index contributed by atoms with van der Waals surface area (Å²) in [4.78, 5) is 16.5. The fourth-order valence-electron chi connectivity index (χ4n) is 6.84. The number of aliphatic carboxylic acids is 1.